The number of methoxy groups -OCH3 is 1. The number of aliphatic hydroxyl groups excluding tert-OH is 1. The average Bonchev–Trinajstić information content (AvgIpc) is 2.28. The van der Waals surface area contributed by atoms with Crippen molar-refractivity contribution < 1.29 is 19.7 Å². The smallest absolute Gasteiger partial charge is 0.320 e. The fraction of sp³-hybridized carbons (Fsp3) is 0.364. The first-order valence-electron chi connectivity index (χ1n) is 4.83. The second-order valence-electron chi connectivity index (χ2n) is 3.45. The zero-order valence-corrected chi connectivity index (χ0v) is 9.01. The van der Waals surface area contributed by atoms with Gasteiger partial charge in [0.1, 0.15) is 11.8 Å². The van der Waals surface area contributed by atoms with E-state index in [1.165, 1.54) is 7.11 Å². The van der Waals surface area contributed by atoms with Crippen molar-refractivity contribution in [2.24, 2.45) is 5.73 Å². The Hall–Kier alpha value is -1.59. The Morgan fingerprint density at radius 1 is 1.56 bits per heavy atom. The third kappa shape index (κ3) is 2.95. The Labute approximate surface area is 93.5 Å². The lowest BCUT2D eigenvalue weighted by Crippen LogP contribution is -2.32. The van der Waals surface area contributed by atoms with Crippen molar-refractivity contribution in [3.05, 3.63) is 29.3 Å². The molecule has 0 aliphatic heterocycles. The van der Waals surface area contributed by atoms with Gasteiger partial charge in [0.15, 0.2) is 0 Å². The van der Waals surface area contributed by atoms with Gasteiger partial charge < -0.3 is 20.7 Å². The number of rotatable bonds is 5. The molecule has 5 nitrogen and oxygen atoms in total. The number of nitrogens with two attached hydrogens (primary N) is 1. The molecule has 0 fully saturated rings. The molecular formula is C11H15NO4. The van der Waals surface area contributed by atoms with Crippen molar-refractivity contribution in [3.8, 4) is 5.75 Å². The van der Waals surface area contributed by atoms with Gasteiger partial charge in [-0.1, -0.05) is 12.1 Å². The van der Waals surface area contributed by atoms with Crippen LogP contribution in [0.15, 0.2) is 18.2 Å². The number of carboxylic acids is 1. The van der Waals surface area contributed by atoms with Gasteiger partial charge in [-0.05, 0) is 18.1 Å². The molecule has 0 saturated heterocycles. The highest BCUT2D eigenvalue weighted by Crippen LogP contribution is 2.20. The van der Waals surface area contributed by atoms with Gasteiger partial charge in [0.05, 0.1) is 13.7 Å². The molecular weight excluding hydrogens is 210 g/mol. The first-order chi connectivity index (χ1) is 7.58. The fourth-order valence-electron chi connectivity index (χ4n) is 1.39. The molecule has 16 heavy (non-hydrogen) atoms. The van der Waals surface area contributed by atoms with E-state index in [1.54, 1.807) is 18.2 Å². The van der Waals surface area contributed by atoms with Crippen molar-refractivity contribution in [3.63, 3.8) is 0 Å². The minimum atomic E-state index is -1.04. The summed E-state index contributed by atoms with van der Waals surface area (Å²) in [5.74, 6) is -0.497. The molecule has 5 heteroatoms. The minimum absolute atomic E-state index is 0.117. The molecule has 0 heterocycles. The molecule has 1 aromatic carbocycles. The summed E-state index contributed by atoms with van der Waals surface area (Å²) >= 11 is 0. The van der Waals surface area contributed by atoms with Crippen LogP contribution in [0.4, 0.5) is 0 Å². The molecule has 0 bridgehead atoms. The van der Waals surface area contributed by atoms with Crippen LogP contribution in [0.1, 0.15) is 11.1 Å². The third-order valence-electron chi connectivity index (χ3n) is 2.29. The van der Waals surface area contributed by atoms with E-state index in [4.69, 9.17) is 20.7 Å². The van der Waals surface area contributed by atoms with E-state index in [2.05, 4.69) is 0 Å². The van der Waals surface area contributed by atoms with Gasteiger partial charge in [-0.15, -0.1) is 0 Å². The van der Waals surface area contributed by atoms with Crippen LogP contribution in [0.5, 0.6) is 5.75 Å². The lowest BCUT2D eigenvalue weighted by Gasteiger charge is -2.10. The molecule has 88 valence electrons. The van der Waals surface area contributed by atoms with Crippen molar-refractivity contribution in [2.75, 3.05) is 7.11 Å². The largest absolute Gasteiger partial charge is 0.496 e. The lowest BCUT2D eigenvalue weighted by molar-refractivity contribution is -0.138. The first-order valence-corrected chi connectivity index (χ1v) is 4.83. The molecule has 0 amide bonds. The summed E-state index contributed by atoms with van der Waals surface area (Å²) < 4.78 is 5.07. The van der Waals surface area contributed by atoms with E-state index in [9.17, 15) is 4.79 Å². The normalized spacial score (nSPS) is 12.2. The molecule has 0 radical (unpaired) electrons. The molecule has 1 rings (SSSR count). The number of carbonyl (C=O) groups is 1. The van der Waals surface area contributed by atoms with E-state index >= 15 is 0 Å². The van der Waals surface area contributed by atoms with Crippen LogP contribution >= 0.6 is 0 Å². The average molecular weight is 225 g/mol. The molecule has 4 N–H and O–H groups in total. The SMILES string of the molecule is COc1cc(CC(N)C(=O)O)ccc1CO. The highest BCUT2D eigenvalue weighted by molar-refractivity contribution is 5.73. The maximum Gasteiger partial charge on any atom is 0.320 e. The predicted molar refractivity (Wildman–Crippen MR) is 58.2 cm³/mol. The molecule has 0 saturated carbocycles. The summed E-state index contributed by atoms with van der Waals surface area (Å²) in [4.78, 5) is 10.6. The summed E-state index contributed by atoms with van der Waals surface area (Å²) in [6.07, 6.45) is 0.234. The number of aliphatic carboxylic acids is 1. The summed E-state index contributed by atoms with van der Waals surface area (Å²) in [6.45, 7) is -0.117. The number of ether oxygens (including phenoxy) is 1. The van der Waals surface area contributed by atoms with Gasteiger partial charge >= 0.3 is 5.97 Å². The predicted octanol–water partition coefficient (Wildman–Crippen LogP) is 0.142. The Kier molecular flexibility index (Phi) is 4.28. The number of hydrogen-bond acceptors (Lipinski definition) is 4. The Balaban J connectivity index is 2.86. The van der Waals surface area contributed by atoms with Gasteiger partial charge in [-0.3, -0.25) is 4.79 Å². The highest BCUT2D eigenvalue weighted by atomic mass is 16.5. The summed E-state index contributed by atoms with van der Waals surface area (Å²) in [6, 6.07) is 4.19. The molecule has 0 aliphatic carbocycles. The van der Waals surface area contributed by atoms with Crippen molar-refractivity contribution >= 4 is 5.97 Å². The quantitative estimate of drug-likeness (QED) is 0.663. The molecule has 0 aromatic heterocycles. The van der Waals surface area contributed by atoms with E-state index < -0.39 is 12.0 Å². The number of benzene rings is 1. The van der Waals surface area contributed by atoms with Crippen LogP contribution in [0, 0.1) is 0 Å². The fourth-order valence-corrected chi connectivity index (χ4v) is 1.39. The van der Waals surface area contributed by atoms with Crippen molar-refractivity contribution in [2.45, 2.75) is 19.1 Å². The molecule has 0 aliphatic rings. The zero-order chi connectivity index (χ0) is 12.1. The third-order valence-corrected chi connectivity index (χ3v) is 2.29. The second kappa shape index (κ2) is 5.48. The van der Waals surface area contributed by atoms with Crippen LogP contribution in [0.3, 0.4) is 0 Å². The van der Waals surface area contributed by atoms with E-state index in [1.807, 2.05) is 0 Å². The molecule has 1 atom stereocenters. The summed E-state index contributed by atoms with van der Waals surface area (Å²) in [5, 5.41) is 17.7. The van der Waals surface area contributed by atoms with E-state index in [-0.39, 0.29) is 13.0 Å². The van der Waals surface area contributed by atoms with Crippen molar-refractivity contribution in [1.29, 1.82) is 0 Å². The topological polar surface area (TPSA) is 92.8 Å². The van der Waals surface area contributed by atoms with Crippen LogP contribution in [-0.4, -0.2) is 29.3 Å². The number of hydrogen-bond donors (Lipinski definition) is 3. The van der Waals surface area contributed by atoms with Gasteiger partial charge in [-0.2, -0.15) is 0 Å². The zero-order valence-electron chi connectivity index (χ0n) is 9.01. The number of carboxylic acid groups (broad SMARTS) is 1. The highest BCUT2D eigenvalue weighted by Gasteiger charge is 2.13. The van der Waals surface area contributed by atoms with Crippen LogP contribution in [0.25, 0.3) is 0 Å². The van der Waals surface area contributed by atoms with E-state index in [0.717, 1.165) is 5.56 Å². The monoisotopic (exact) mass is 225 g/mol. The minimum Gasteiger partial charge on any atom is -0.496 e. The molecule has 1 aromatic rings. The maximum atomic E-state index is 10.6. The van der Waals surface area contributed by atoms with Crippen molar-refractivity contribution in [1.82, 2.24) is 0 Å². The Morgan fingerprint density at radius 2 is 2.25 bits per heavy atom. The van der Waals surface area contributed by atoms with E-state index in [0.29, 0.717) is 11.3 Å². The molecule has 0 spiro atoms. The van der Waals surface area contributed by atoms with Crippen LogP contribution in [-0.2, 0) is 17.8 Å². The summed E-state index contributed by atoms with van der Waals surface area (Å²) in [5.41, 5.74) is 6.85. The first kappa shape index (κ1) is 12.5. The summed E-state index contributed by atoms with van der Waals surface area (Å²) in [7, 11) is 1.50. The van der Waals surface area contributed by atoms with Crippen LogP contribution in [0.2, 0.25) is 0 Å². The second-order valence-corrected chi connectivity index (χ2v) is 3.45. The lowest BCUT2D eigenvalue weighted by atomic mass is 10.0. The maximum absolute atomic E-state index is 10.6. The Bertz CT molecular complexity index is 378. The van der Waals surface area contributed by atoms with Crippen LogP contribution < -0.4 is 10.5 Å². The number of aliphatic hydroxyl groups is 1. The van der Waals surface area contributed by atoms with Gasteiger partial charge in [0.2, 0.25) is 0 Å². The standard InChI is InChI=1S/C11H15NO4/c1-16-10-5-7(2-3-8(10)6-13)4-9(12)11(14)15/h2-3,5,9,13H,4,6,12H2,1H3,(H,14,15). The Morgan fingerprint density at radius 3 is 2.75 bits per heavy atom. The molecule has 1 unspecified atom stereocenters. The van der Waals surface area contributed by atoms with Gasteiger partial charge in [-0.25, -0.2) is 0 Å². The van der Waals surface area contributed by atoms with Gasteiger partial charge in [0.25, 0.3) is 0 Å². The van der Waals surface area contributed by atoms with Gasteiger partial charge in [0, 0.05) is 5.56 Å².